The molecule has 0 amide bonds. The van der Waals surface area contributed by atoms with Gasteiger partial charge in [0.1, 0.15) is 11.4 Å². The molecule has 0 radical (unpaired) electrons. The molecule has 0 aliphatic rings. The van der Waals surface area contributed by atoms with Gasteiger partial charge in [0.15, 0.2) is 0 Å². The van der Waals surface area contributed by atoms with Crippen molar-refractivity contribution in [1.29, 1.82) is 0 Å². The van der Waals surface area contributed by atoms with Gasteiger partial charge in [-0.2, -0.15) is 18.2 Å². The lowest BCUT2D eigenvalue weighted by Gasteiger charge is -2.03. The van der Waals surface area contributed by atoms with Crippen LogP contribution in [0.3, 0.4) is 0 Å². The Morgan fingerprint density at radius 3 is 2.65 bits per heavy atom. The van der Waals surface area contributed by atoms with Gasteiger partial charge in [-0.05, 0) is 18.2 Å². The minimum absolute atomic E-state index is 0.166. The maximum Gasteiger partial charge on any atom is 0.433 e. The van der Waals surface area contributed by atoms with E-state index in [1.807, 2.05) is 0 Å². The molecule has 0 aliphatic carbocycles. The van der Waals surface area contributed by atoms with E-state index in [-0.39, 0.29) is 15.9 Å². The predicted octanol–water partition coefficient (Wildman–Crippen LogP) is 3.81. The lowest BCUT2D eigenvalue weighted by Crippen LogP contribution is -2.05. The van der Waals surface area contributed by atoms with Crippen LogP contribution in [0.4, 0.5) is 18.9 Å². The van der Waals surface area contributed by atoms with Crippen molar-refractivity contribution in [3.8, 4) is 0 Å². The zero-order valence-electron chi connectivity index (χ0n) is 8.10. The van der Waals surface area contributed by atoms with E-state index in [1.54, 1.807) is 0 Å². The topological polar surface area (TPSA) is 45.2 Å². The number of carbonyl (C=O) groups excluding carboxylic acids is 1. The SMILES string of the molecule is O=C=Nc1c(C(F)(F)F)[nH]c2cc(Cl)ccc12. The molecule has 0 saturated carbocycles. The lowest BCUT2D eigenvalue weighted by atomic mass is 10.2. The molecule has 1 heterocycles. The number of hydrogen-bond acceptors (Lipinski definition) is 2. The summed E-state index contributed by atoms with van der Waals surface area (Å²) in [5.41, 5.74) is -1.39. The third kappa shape index (κ3) is 2.05. The Hall–Kier alpha value is -1.78. The summed E-state index contributed by atoms with van der Waals surface area (Å²) < 4.78 is 38.0. The van der Waals surface area contributed by atoms with Crippen LogP contribution in [-0.4, -0.2) is 11.1 Å². The molecule has 7 heteroatoms. The van der Waals surface area contributed by atoms with Crippen LogP contribution >= 0.6 is 11.6 Å². The zero-order chi connectivity index (χ0) is 12.6. The molecule has 3 nitrogen and oxygen atoms in total. The van der Waals surface area contributed by atoms with Crippen LogP contribution in [0.25, 0.3) is 10.9 Å². The summed E-state index contributed by atoms with van der Waals surface area (Å²) >= 11 is 5.66. The molecule has 88 valence electrons. The number of alkyl halides is 3. The Morgan fingerprint density at radius 2 is 2.06 bits per heavy atom. The van der Waals surface area contributed by atoms with Gasteiger partial charge in [0, 0.05) is 15.9 Å². The van der Waals surface area contributed by atoms with Crippen LogP contribution in [0.15, 0.2) is 23.2 Å². The van der Waals surface area contributed by atoms with Gasteiger partial charge >= 0.3 is 6.18 Å². The van der Waals surface area contributed by atoms with Crippen molar-refractivity contribution in [3.05, 3.63) is 28.9 Å². The standard InChI is InChI=1S/C10H4ClF3N2O/c11-5-1-2-6-7(3-5)16-9(10(12,13)14)8(6)15-4-17/h1-3,16H. The van der Waals surface area contributed by atoms with Gasteiger partial charge in [0.2, 0.25) is 6.08 Å². The summed E-state index contributed by atoms with van der Waals surface area (Å²) in [6.45, 7) is 0. The van der Waals surface area contributed by atoms with E-state index in [1.165, 1.54) is 18.2 Å². The fourth-order valence-electron chi connectivity index (χ4n) is 1.52. The maximum atomic E-state index is 12.7. The molecule has 0 aliphatic heterocycles. The van der Waals surface area contributed by atoms with Gasteiger partial charge in [-0.1, -0.05) is 11.6 Å². The second-order valence-electron chi connectivity index (χ2n) is 3.24. The first-order valence-corrected chi connectivity index (χ1v) is 4.77. The van der Waals surface area contributed by atoms with Crippen LogP contribution < -0.4 is 0 Å². The monoisotopic (exact) mass is 260 g/mol. The number of H-pyrrole nitrogens is 1. The van der Waals surface area contributed by atoms with Crippen LogP contribution in [0, 0.1) is 0 Å². The molecule has 0 spiro atoms. The largest absolute Gasteiger partial charge is 0.433 e. The molecular weight excluding hydrogens is 257 g/mol. The van der Waals surface area contributed by atoms with E-state index < -0.39 is 17.6 Å². The van der Waals surface area contributed by atoms with E-state index in [0.717, 1.165) is 6.08 Å². The first kappa shape index (κ1) is 11.7. The Bertz CT molecular complexity index is 626. The summed E-state index contributed by atoms with van der Waals surface area (Å²) in [5.74, 6) is 0. The van der Waals surface area contributed by atoms with Crippen molar-refractivity contribution in [2.24, 2.45) is 4.99 Å². The smallest absolute Gasteiger partial charge is 0.349 e. The third-order valence-electron chi connectivity index (χ3n) is 2.17. The van der Waals surface area contributed by atoms with Gasteiger partial charge in [-0.15, -0.1) is 0 Å². The van der Waals surface area contributed by atoms with E-state index in [0.29, 0.717) is 0 Å². The molecule has 2 rings (SSSR count). The van der Waals surface area contributed by atoms with Crippen LogP contribution in [0.2, 0.25) is 5.02 Å². The number of aliphatic imine (C=N–C) groups is 1. The van der Waals surface area contributed by atoms with E-state index in [4.69, 9.17) is 11.6 Å². The zero-order valence-corrected chi connectivity index (χ0v) is 8.86. The lowest BCUT2D eigenvalue weighted by molar-refractivity contribution is -0.140. The Kier molecular flexibility index (Phi) is 2.69. The quantitative estimate of drug-likeness (QED) is 0.615. The second kappa shape index (κ2) is 3.91. The van der Waals surface area contributed by atoms with Crippen molar-refractivity contribution in [3.63, 3.8) is 0 Å². The first-order chi connectivity index (χ1) is 7.93. The third-order valence-corrected chi connectivity index (χ3v) is 2.41. The van der Waals surface area contributed by atoms with Crippen molar-refractivity contribution >= 4 is 34.3 Å². The number of nitrogens with one attached hydrogen (secondary N) is 1. The van der Waals surface area contributed by atoms with Crippen molar-refractivity contribution in [1.82, 2.24) is 4.98 Å². The van der Waals surface area contributed by atoms with Gasteiger partial charge < -0.3 is 4.98 Å². The van der Waals surface area contributed by atoms with E-state index in [2.05, 4.69) is 9.98 Å². The molecule has 0 bridgehead atoms. The number of aromatic nitrogens is 1. The van der Waals surface area contributed by atoms with Crippen molar-refractivity contribution < 1.29 is 18.0 Å². The summed E-state index contributed by atoms with van der Waals surface area (Å²) in [4.78, 5) is 15.4. The van der Waals surface area contributed by atoms with E-state index in [9.17, 15) is 18.0 Å². The second-order valence-corrected chi connectivity index (χ2v) is 3.68. The summed E-state index contributed by atoms with van der Waals surface area (Å²) in [6, 6.07) is 4.11. The minimum atomic E-state index is -4.62. The average molecular weight is 261 g/mol. The first-order valence-electron chi connectivity index (χ1n) is 4.40. The maximum absolute atomic E-state index is 12.7. The average Bonchev–Trinajstić information content (AvgIpc) is 2.56. The number of rotatable bonds is 1. The number of benzene rings is 1. The van der Waals surface area contributed by atoms with Gasteiger partial charge in [0.25, 0.3) is 0 Å². The van der Waals surface area contributed by atoms with Crippen molar-refractivity contribution in [2.45, 2.75) is 6.18 Å². The number of isocyanates is 1. The molecule has 0 saturated heterocycles. The number of nitrogens with zero attached hydrogens (tertiary/aromatic N) is 1. The molecule has 0 fully saturated rings. The van der Waals surface area contributed by atoms with Crippen molar-refractivity contribution in [2.75, 3.05) is 0 Å². The highest BCUT2D eigenvalue weighted by molar-refractivity contribution is 6.31. The highest BCUT2D eigenvalue weighted by Gasteiger charge is 2.36. The number of fused-ring (bicyclic) bond motifs is 1. The van der Waals surface area contributed by atoms with Gasteiger partial charge in [-0.25, -0.2) is 4.79 Å². The summed E-state index contributed by atoms with van der Waals surface area (Å²) in [6.07, 6.45) is -3.51. The fraction of sp³-hybridized carbons (Fsp3) is 0.100. The normalized spacial score (nSPS) is 11.5. The fourth-order valence-corrected chi connectivity index (χ4v) is 1.69. The highest BCUT2D eigenvalue weighted by Crippen LogP contribution is 2.40. The molecular formula is C10H4ClF3N2O. The highest BCUT2D eigenvalue weighted by atomic mass is 35.5. The minimum Gasteiger partial charge on any atom is -0.349 e. The number of aromatic amines is 1. The molecule has 1 N–H and O–H groups in total. The summed E-state index contributed by atoms with van der Waals surface area (Å²) in [5, 5.41) is 0.458. The molecule has 1 aromatic carbocycles. The van der Waals surface area contributed by atoms with E-state index >= 15 is 0 Å². The number of halogens is 4. The molecule has 2 aromatic rings. The predicted molar refractivity (Wildman–Crippen MR) is 56.1 cm³/mol. The van der Waals surface area contributed by atoms with Crippen LogP contribution in [0.5, 0.6) is 0 Å². The van der Waals surface area contributed by atoms with Crippen LogP contribution in [-0.2, 0) is 11.0 Å². The molecule has 17 heavy (non-hydrogen) atoms. The molecule has 0 atom stereocenters. The van der Waals surface area contributed by atoms with Gasteiger partial charge in [0.05, 0.1) is 0 Å². The van der Waals surface area contributed by atoms with Crippen LogP contribution in [0.1, 0.15) is 5.69 Å². The Balaban J connectivity index is 2.84. The molecule has 1 aromatic heterocycles. The molecule has 0 unspecified atom stereocenters. The van der Waals surface area contributed by atoms with Gasteiger partial charge in [-0.3, -0.25) is 0 Å². The Morgan fingerprint density at radius 1 is 1.35 bits per heavy atom. The number of hydrogen-bond donors (Lipinski definition) is 1. The Labute approximate surface area is 97.9 Å². The summed E-state index contributed by atoms with van der Waals surface area (Å²) in [7, 11) is 0.